The molecule has 0 unspecified atom stereocenters. The molecule has 2 aromatic rings. The first kappa shape index (κ1) is 14.4. The second kappa shape index (κ2) is 5.55. The molecule has 9 heteroatoms. The van der Waals surface area contributed by atoms with Crippen molar-refractivity contribution in [2.75, 3.05) is 12.3 Å². The SMILES string of the molecule is Cn1cnnc1CCNS(=O)(=O)c1cc(N)cc(F)c1. The van der Waals surface area contributed by atoms with E-state index < -0.39 is 15.8 Å². The predicted octanol–water partition coefficient (Wildman–Crippen LogP) is 0.0574. The van der Waals surface area contributed by atoms with Gasteiger partial charge >= 0.3 is 0 Å². The number of benzene rings is 1. The zero-order valence-electron chi connectivity index (χ0n) is 10.7. The van der Waals surface area contributed by atoms with Gasteiger partial charge in [0.15, 0.2) is 0 Å². The van der Waals surface area contributed by atoms with Crippen LogP contribution in [0.1, 0.15) is 5.82 Å². The third-order valence-corrected chi connectivity index (χ3v) is 4.09. The first-order valence-electron chi connectivity index (χ1n) is 5.77. The molecular weight excluding hydrogens is 285 g/mol. The van der Waals surface area contributed by atoms with Crippen molar-refractivity contribution in [2.24, 2.45) is 7.05 Å². The zero-order chi connectivity index (χ0) is 14.8. The van der Waals surface area contributed by atoms with Crippen LogP contribution in [0.3, 0.4) is 0 Å². The monoisotopic (exact) mass is 299 g/mol. The number of hydrogen-bond donors (Lipinski definition) is 2. The van der Waals surface area contributed by atoms with Gasteiger partial charge in [-0.3, -0.25) is 0 Å². The summed E-state index contributed by atoms with van der Waals surface area (Å²) in [6, 6.07) is 3.17. The van der Waals surface area contributed by atoms with Crippen LogP contribution in [-0.2, 0) is 23.5 Å². The van der Waals surface area contributed by atoms with E-state index >= 15 is 0 Å². The molecule has 0 fully saturated rings. The number of nitrogens with two attached hydrogens (primary N) is 1. The van der Waals surface area contributed by atoms with E-state index in [-0.39, 0.29) is 17.1 Å². The Hall–Kier alpha value is -2.00. The number of hydrogen-bond acceptors (Lipinski definition) is 5. The van der Waals surface area contributed by atoms with Crippen molar-refractivity contribution in [1.29, 1.82) is 0 Å². The van der Waals surface area contributed by atoms with Gasteiger partial charge in [-0.2, -0.15) is 0 Å². The zero-order valence-corrected chi connectivity index (χ0v) is 11.6. The average molecular weight is 299 g/mol. The van der Waals surface area contributed by atoms with E-state index in [0.717, 1.165) is 12.1 Å². The normalized spacial score (nSPS) is 11.7. The van der Waals surface area contributed by atoms with Crippen molar-refractivity contribution in [2.45, 2.75) is 11.3 Å². The van der Waals surface area contributed by atoms with Gasteiger partial charge in [0, 0.05) is 25.7 Å². The van der Waals surface area contributed by atoms with Crippen LogP contribution in [0, 0.1) is 5.82 Å². The quantitative estimate of drug-likeness (QED) is 0.760. The lowest BCUT2D eigenvalue weighted by Gasteiger charge is -2.07. The van der Waals surface area contributed by atoms with Crippen LogP contribution in [0.2, 0.25) is 0 Å². The lowest BCUT2D eigenvalue weighted by molar-refractivity contribution is 0.576. The van der Waals surface area contributed by atoms with Crippen molar-refractivity contribution in [3.63, 3.8) is 0 Å². The van der Waals surface area contributed by atoms with E-state index in [0.29, 0.717) is 12.2 Å². The maximum atomic E-state index is 13.2. The van der Waals surface area contributed by atoms with E-state index in [2.05, 4.69) is 14.9 Å². The highest BCUT2D eigenvalue weighted by Crippen LogP contribution is 2.15. The van der Waals surface area contributed by atoms with Crippen molar-refractivity contribution >= 4 is 15.7 Å². The molecule has 2 rings (SSSR count). The molecule has 0 aliphatic heterocycles. The van der Waals surface area contributed by atoms with E-state index in [1.165, 1.54) is 12.4 Å². The Labute approximate surface area is 115 Å². The Bertz CT molecular complexity index is 693. The Morgan fingerprint density at radius 2 is 2.15 bits per heavy atom. The molecule has 3 N–H and O–H groups in total. The number of nitrogens with zero attached hydrogens (tertiary/aromatic N) is 3. The first-order valence-corrected chi connectivity index (χ1v) is 7.25. The lowest BCUT2D eigenvalue weighted by atomic mass is 10.3. The summed E-state index contributed by atoms with van der Waals surface area (Å²) in [7, 11) is -2.04. The minimum absolute atomic E-state index is 0.0543. The number of rotatable bonds is 5. The number of aromatic nitrogens is 3. The van der Waals surface area contributed by atoms with Crippen LogP contribution in [0.5, 0.6) is 0 Å². The topological polar surface area (TPSA) is 103 Å². The molecule has 0 spiro atoms. The Morgan fingerprint density at radius 1 is 1.40 bits per heavy atom. The molecule has 108 valence electrons. The summed E-state index contributed by atoms with van der Waals surface area (Å²) in [5.41, 5.74) is 5.48. The van der Waals surface area contributed by atoms with Gasteiger partial charge in [0.2, 0.25) is 10.0 Å². The van der Waals surface area contributed by atoms with Gasteiger partial charge in [0.1, 0.15) is 18.0 Å². The molecule has 0 bridgehead atoms. The molecule has 0 radical (unpaired) electrons. The van der Waals surface area contributed by atoms with Crippen molar-refractivity contribution < 1.29 is 12.8 Å². The maximum absolute atomic E-state index is 13.2. The molecular formula is C11H14FN5O2S. The molecule has 0 atom stereocenters. The van der Waals surface area contributed by atoms with Gasteiger partial charge in [0.05, 0.1) is 4.90 Å². The van der Waals surface area contributed by atoms with Crippen LogP contribution >= 0.6 is 0 Å². The van der Waals surface area contributed by atoms with E-state index in [1.807, 2.05) is 0 Å². The lowest BCUT2D eigenvalue weighted by Crippen LogP contribution is -2.26. The van der Waals surface area contributed by atoms with E-state index in [1.54, 1.807) is 11.6 Å². The highest BCUT2D eigenvalue weighted by Gasteiger charge is 2.15. The number of anilines is 1. The number of halogens is 1. The third kappa shape index (κ3) is 3.31. The smallest absolute Gasteiger partial charge is 0.240 e. The fraction of sp³-hybridized carbons (Fsp3) is 0.273. The summed E-state index contributed by atoms with van der Waals surface area (Å²) in [4.78, 5) is -0.201. The van der Waals surface area contributed by atoms with Gasteiger partial charge in [-0.1, -0.05) is 0 Å². The number of nitrogens with one attached hydrogen (secondary N) is 1. The van der Waals surface area contributed by atoms with Crippen molar-refractivity contribution in [3.05, 3.63) is 36.2 Å². The molecule has 1 aromatic heterocycles. The van der Waals surface area contributed by atoms with Crippen molar-refractivity contribution in [1.82, 2.24) is 19.5 Å². The molecule has 0 aliphatic rings. The summed E-state index contributed by atoms with van der Waals surface area (Å²) in [6.07, 6.45) is 1.90. The van der Waals surface area contributed by atoms with Crippen molar-refractivity contribution in [3.8, 4) is 0 Å². The molecule has 1 heterocycles. The second-order valence-corrected chi connectivity index (χ2v) is 5.99. The third-order valence-electron chi connectivity index (χ3n) is 2.65. The van der Waals surface area contributed by atoms with Crippen LogP contribution < -0.4 is 10.5 Å². The van der Waals surface area contributed by atoms with Gasteiger partial charge in [-0.05, 0) is 18.2 Å². The molecule has 0 saturated heterocycles. The first-order chi connectivity index (χ1) is 9.38. The number of sulfonamides is 1. The molecule has 20 heavy (non-hydrogen) atoms. The number of nitrogen functional groups attached to an aromatic ring is 1. The Morgan fingerprint density at radius 3 is 2.75 bits per heavy atom. The number of aryl methyl sites for hydroxylation is 1. The molecule has 0 saturated carbocycles. The predicted molar refractivity (Wildman–Crippen MR) is 70.7 cm³/mol. The minimum Gasteiger partial charge on any atom is -0.399 e. The highest BCUT2D eigenvalue weighted by molar-refractivity contribution is 7.89. The maximum Gasteiger partial charge on any atom is 0.240 e. The van der Waals surface area contributed by atoms with Gasteiger partial charge in [-0.15, -0.1) is 10.2 Å². The molecule has 0 aliphatic carbocycles. The summed E-state index contributed by atoms with van der Waals surface area (Å²) >= 11 is 0. The Kier molecular flexibility index (Phi) is 4.00. The summed E-state index contributed by atoms with van der Waals surface area (Å²) in [5, 5.41) is 7.52. The highest BCUT2D eigenvalue weighted by atomic mass is 32.2. The average Bonchev–Trinajstić information content (AvgIpc) is 2.74. The molecule has 7 nitrogen and oxygen atoms in total. The second-order valence-electron chi connectivity index (χ2n) is 4.23. The van der Waals surface area contributed by atoms with Gasteiger partial charge in [0.25, 0.3) is 0 Å². The van der Waals surface area contributed by atoms with Crippen LogP contribution in [0.25, 0.3) is 0 Å². The largest absolute Gasteiger partial charge is 0.399 e. The van der Waals surface area contributed by atoms with E-state index in [4.69, 9.17) is 5.73 Å². The summed E-state index contributed by atoms with van der Waals surface area (Å²) < 4.78 is 41.2. The Balaban J connectivity index is 2.06. The standard InChI is InChI=1S/C11H14FN5O2S/c1-17-7-14-16-11(17)2-3-15-20(18,19)10-5-8(12)4-9(13)6-10/h4-7,15H,2-3,13H2,1H3. The van der Waals surface area contributed by atoms with Crippen LogP contribution in [-0.4, -0.2) is 29.7 Å². The van der Waals surface area contributed by atoms with E-state index in [9.17, 15) is 12.8 Å². The van der Waals surface area contributed by atoms with Gasteiger partial charge in [-0.25, -0.2) is 17.5 Å². The fourth-order valence-corrected chi connectivity index (χ4v) is 2.75. The van der Waals surface area contributed by atoms with Gasteiger partial charge < -0.3 is 10.3 Å². The summed E-state index contributed by atoms with van der Waals surface area (Å²) in [5.74, 6) is -0.0508. The molecule has 0 amide bonds. The minimum atomic E-state index is -3.80. The fourth-order valence-electron chi connectivity index (χ4n) is 1.65. The summed E-state index contributed by atoms with van der Waals surface area (Å²) in [6.45, 7) is 0.130. The van der Waals surface area contributed by atoms with Crippen LogP contribution in [0.4, 0.5) is 10.1 Å². The van der Waals surface area contributed by atoms with Crippen LogP contribution in [0.15, 0.2) is 29.4 Å². The molecule has 1 aromatic carbocycles.